The Morgan fingerprint density at radius 3 is 2.46 bits per heavy atom. The molecule has 1 amide bonds. The Balaban J connectivity index is 2.19. The number of fused-ring (bicyclic) bond motifs is 1. The molecule has 1 fully saturated rings. The second kappa shape index (κ2) is 10.2. The number of nitro groups is 1. The van der Waals surface area contributed by atoms with Crippen molar-refractivity contribution in [1.29, 1.82) is 0 Å². The number of pyridine rings is 2. The average Bonchev–Trinajstić information content (AvgIpc) is 2.84. The lowest BCUT2D eigenvalue weighted by atomic mass is 10.0. The molecule has 2 atom stereocenters. The summed E-state index contributed by atoms with van der Waals surface area (Å²) in [4.78, 5) is 56.0. The van der Waals surface area contributed by atoms with E-state index in [9.17, 15) is 34.7 Å². The van der Waals surface area contributed by atoms with Crippen LogP contribution in [0.5, 0.6) is 0 Å². The number of aliphatic carboxylic acids is 1. The third-order valence-electron chi connectivity index (χ3n) is 6.83. The first-order valence-corrected chi connectivity index (χ1v) is 12.7. The lowest BCUT2D eigenvalue weighted by Crippen LogP contribution is -2.61. The standard InChI is InChI=1S/C25H25BrFN5O7/c1-11(2)19-20(12(3)5-6-28-19)31-17-8-15(26)16(27)7-14(17)21(22(23(31)33)32(38)39)30-9-13(4)29(25(36)37)10-18(30)24(34)35/h5-8,11,13,18H,9-10H2,1-4H3,(H,34,35)(H,36,37)/t13-,18?/m1/s1. The first-order chi connectivity index (χ1) is 18.3. The number of benzene rings is 1. The molecule has 0 aliphatic carbocycles. The molecule has 4 rings (SSSR count). The first-order valence-electron chi connectivity index (χ1n) is 11.9. The second-order valence-corrected chi connectivity index (χ2v) is 10.5. The van der Waals surface area contributed by atoms with Gasteiger partial charge in [0.15, 0.2) is 0 Å². The molecule has 2 N–H and O–H groups in total. The van der Waals surface area contributed by atoms with E-state index in [2.05, 4.69) is 20.9 Å². The van der Waals surface area contributed by atoms with Crippen LogP contribution in [0.1, 0.15) is 37.9 Å². The van der Waals surface area contributed by atoms with Crippen molar-refractivity contribution in [2.75, 3.05) is 18.0 Å². The van der Waals surface area contributed by atoms with Crippen molar-refractivity contribution in [1.82, 2.24) is 14.5 Å². The molecular weight excluding hydrogens is 581 g/mol. The fourth-order valence-corrected chi connectivity index (χ4v) is 5.35. The summed E-state index contributed by atoms with van der Waals surface area (Å²) < 4.78 is 16.1. The molecule has 12 nitrogen and oxygen atoms in total. The third-order valence-corrected chi connectivity index (χ3v) is 7.44. The van der Waals surface area contributed by atoms with Gasteiger partial charge in [-0.3, -0.25) is 24.5 Å². The van der Waals surface area contributed by atoms with Crippen LogP contribution in [0, 0.1) is 22.9 Å². The zero-order valence-corrected chi connectivity index (χ0v) is 23.0. The van der Waals surface area contributed by atoms with E-state index < -0.39 is 52.7 Å². The molecule has 206 valence electrons. The normalized spacial score (nSPS) is 17.6. The van der Waals surface area contributed by atoms with Crippen LogP contribution in [0.25, 0.3) is 16.6 Å². The highest BCUT2D eigenvalue weighted by atomic mass is 79.9. The van der Waals surface area contributed by atoms with Crippen LogP contribution in [0.15, 0.2) is 33.7 Å². The van der Waals surface area contributed by atoms with Crippen LogP contribution in [0.3, 0.4) is 0 Å². The van der Waals surface area contributed by atoms with Crippen LogP contribution >= 0.6 is 15.9 Å². The van der Waals surface area contributed by atoms with Gasteiger partial charge >= 0.3 is 23.3 Å². The van der Waals surface area contributed by atoms with E-state index in [4.69, 9.17) is 0 Å². The quantitative estimate of drug-likeness (QED) is 0.320. The summed E-state index contributed by atoms with van der Waals surface area (Å²) in [6.07, 6.45) is 0.201. The molecule has 1 unspecified atom stereocenters. The van der Waals surface area contributed by atoms with Gasteiger partial charge in [0.05, 0.1) is 32.8 Å². The molecule has 39 heavy (non-hydrogen) atoms. The molecule has 14 heteroatoms. The lowest BCUT2D eigenvalue weighted by molar-refractivity contribution is -0.385. The van der Waals surface area contributed by atoms with Crippen LogP contribution in [-0.2, 0) is 4.79 Å². The summed E-state index contributed by atoms with van der Waals surface area (Å²) in [5.74, 6) is -2.44. The maximum absolute atomic E-state index is 15.0. The van der Waals surface area contributed by atoms with E-state index in [-0.39, 0.29) is 33.5 Å². The van der Waals surface area contributed by atoms with Gasteiger partial charge in [-0.05, 0) is 59.5 Å². The highest BCUT2D eigenvalue weighted by molar-refractivity contribution is 9.10. The van der Waals surface area contributed by atoms with Crippen molar-refractivity contribution >= 4 is 50.3 Å². The topological polar surface area (TPSA) is 159 Å². The fraction of sp³-hybridized carbons (Fsp3) is 0.360. The number of rotatable bonds is 5. The number of anilines is 1. The number of aromatic nitrogens is 2. The van der Waals surface area contributed by atoms with Crippen molar-refractivity contribution in [2.45, 2.75) is 45.7 Å². The van der Waals surface area contributed by atoms with Gasteiger partial charge < -0.3 is 20.0 Å². The van der Waals surface area contributed by atoms with Crippen LogP contribution < -0.4 is 10.5 Å². The number of amides is 1. The number of hydrogen-bond donors (Lipinski definition) is 2. The predicted octanol–water partition coefficient (Wildman–Crippen LogP) is 4.27. The Morgan fingerprint density at radius 2 is 1.90 bits per heavy atom. The Hall–Kier alpha value is -4.07. The SMILES string of the molecule is Cc1ccnc(C(C)C)c1-n1c(=O)c([N+](=O)[O-])c(N2C[C@@H](C)N(C(=O)O)CC2C(=O)O)c2cc(F)c(Br)cc21. The molecule has 0 bridgehead atoms. The van der Waals surface area contributed by atoms with E-state index >= 15 is 4.39 Å². The van der Waals surface area contributed by atoms with Gasteiger partial charge in [0.1, 0.15) is 17.5 Å². The lowest BCUT2D eigenvalue weighted by Gasteiger charge is -2.43. The molecule has 3 aromatic rings. The summed E-state index contributed by atoms with van der Waals surface area (Å²) in [5.41, 5.74) is -0.945. The maximum Gasteiger partial charge on any atom is 0.407 e. The van der Waals surface area contributed by atoms with E-state index in [0.29, 0.717) is 16.9 Å². The van der Waals surface area contributed by atoms with Gasteiger partial charge in [-0.15, -0.1) is 0 Å². The smallest absolute Gasteiger partial charge is 0.407 e. The van der Waals surface area contributed by atoms with E-state index in [1.54, 1.807) is 19.2 Å². The van der Waals surface area contributed by atoms with Crippen molar-refractivity contribution in [3.8, 4) is 5.69 Å². The average molecular weight is 606 g/mol. The van der Waals surface area contributed by atoms with Crippen molar-refractivity contribution in [3.05, 3.63) is 66.4 Å². The molecule has 1 aliphatic heterocycles. The van der Waals surface area contributed by atoms with Crippen LogP contribution in [0.2, 0.25) is 0 Å². The third kappa shape index (κ3) is 4.68. The van der Waals surface area contributed by atoms with Crippen LogP contribution in [0.4, 0.5) is 20.6 Å². The number of aryl methyl sites for hydroxylation is 1. The summed E-state index contributed by atoms with van der Waals surface area (Å²) >= 11 is 3.13. The second-order valence-electron chi connectivity index (χ2n) is 9.69. The maximum atomic E-state index is 15.0. The largest absolute Gasteiger partial charge is 0.480 e. The van der Waals surface area contributed by atoms with Crippen molar-refractivity contribution < 1.29 is 29.1 Å². The first kappa shape index (κ1) is 28.0. The summed E-state index contributed by atoms with van der Waals surface area (Å²) in [6, 6.07) is 1.59. The number of piperazine rings is 1. The Kier molecular flexibility index (Phi) is 7.34. The summed E-state index contributed by atoms with van der Waals surface area (Å²) in [5, 5.41) is 31.9. The molecular formula is C25H25BrFN5O7. The number of carboxylic acid groups (broad SMARTS) is 2. The minimum absolute atomic E-state index is 0.0190. The number of carboxylic acids is 1. The summed E-state index contributed by atoms with van der Waals surface area (Å²) in [7, 11) is 0. The van der Waals surface area contributed by atoms with Gasteiger partial charge in [0, 0.05) is 24.2 Å². The zero-order chi connectivity index (χ0) is 28.9. The number of halogens is 2. The molecule has 1 saturated heterocycles. The van der Waals surface area contributed by atoms with Gasteiger partial charge in [0.2, 0.25) is 0 Å². The van der Waals surface area contributed by atoms with Gasteiger partial charge in [-0.1, -0.05) is 13.8 Å². The zero-order valence-electron chi connectivity index (χ0n) is 21.4. The molecule has 0 spiro atoms. The minimum Gasteiger partial charge on any atom is -0.480 e. The minimum atomic E-state index is -1.58. The molecule has 2 aromatic heterocycles. The molecule has 0 radical (unpaired) electrons. The highest BCUT2D eigenvalue weighted by Gasteiger charge is 2.43. The monoisotopic (exact) mass is 605 g/mol. The Bertz CT molecular complexity index is 1590. The van der Waals surface area contributed by atoms with E-state index in [0.717, 1.165) is 20.4 Å². The molecule has 0 saturated carbocycles. The molecule has 3 heterocycles. The predicted molar refractivity (Wildman–Crippen MR) is 143 cm³/mol. The molecule has 1 aromatic carbocycles. The van der Waals surface area contributed by atoms with Crippen molar-refractivity contribution in [3.63, 3.8) is 0 Å². The van der Waals surface area contributed by atoms with Gasteiger partial charge in [-0.25, -0.2) is 14.0 Å². The fourth-order valence-electron chi connectivity index (χ4n) is 5.02. The van der Waals surface area contributed by atoms with Crippen LogP contribution in [-0.4, -0.2) is 66.8 Å². The van der Waals surface area contributed by atoms with E-state index in [1.807, 2.05) is 13.8 Å². The summed E-state index contributed by atoms with van der Waals surface area (Å²) in [6.45, 7) is 6.11. The number of nitrogens with zero attached hydrogens (tertiary/aromatic N) is 5. The van der Waals surface area contributed by atoms with Gasteiger partial charge in [-0.2, -0.15) is 0 Å². The highest BCUT2D eigenvalue weighted by Crippen LogP contribution is 2.40. The van der Waals surface area contributed by atoms with Gasteiger partial charge in [0.25, 0.3) is 0 Å². The molecule has 1 aliphatic rings. The van der Waals surface area contributed by atoms with E-state index in [1.165, 1.54) is 13.0 Å². The number of carbonyl (C=O) groups is 2. The Morgan fingerprint density at radius 1 is 1.23 bits per heavy atom. The van der Waals surface area contributed by atoms with Crippen molar-refractivity contribution in [2.24, 2.45) is 0 Å². The number of hydrogen-bond acceptors (Lipinski definition) is 7. The Labute approximate surface area is 229 Å².